The van der Waals surface area contributed by atoms with E-state index in [1.54, 1.807) is 132 Å². The molecule has 0 aliphatic carbocycles. The number of aromatic hydroxyl groups is 3. The molecular weight excluding hydrogens is 1900 g/mol. The maximum absolute atomic E-state index is 12.4. The Morgan fingerprint density at radius 2 is 0.946 bits per heavy atom. The van der Waals surface area contributed by atoms with Gasteiger partial charge in [-0.05, 0) is 186 Å². The van der Waals surface area contributed by atoms with E-state index in [1.807, 2.05) is 207 Å². The van der Waals surface area contributed by atoms with E-state index in [4.69, 9.17) is 30.8 Å². The molecule has 2 aliphatic heterocycles. The van der Waals surface area contributed by atoms with Gasteiger partial charge in [0.2, 0.25) is 0 Å². The summed E-state index contributed by atoms with van der Waals surface area (Å²) < 4.78 is 15.9. The van der Waals surface area contributed by atoms with Crippen LogP contribution in [0, 0.1) is 54.7 Å². The zero-order valence-electron chi connectivity index (χ0n) is 95.6. The molecule has 149 heavy (non-hydrogen) atoms. The Bertz CT molecular complexity index is 5730. The molecule has 27 heteroatoms. The molecule has 8 aromatic rings. The van der Waals surface area contributed by atoms with Crippen LogP contribution >= 0.6 is 11.8 Å². The summed E-state index contributed by atoms with van der Waals surface area (Å²) in [5.74, 6) is 1.71. The van der Waals surface area contributed by atoms with Gasteiger partial charge in [-0.25, -0.2) is 9.59 Å². The molecule has 0 radical (unpaired) electrons. The SMILES string of the molecule is CC(=O)Oc1ccccc1C(=O)C(C)(C)C.CC(C)(C)C(=O)CCCC(=O)[C@H](O)C(C)(C)CO.CC(C)(C)C(=O)CCCC[C@@H]1SC[C@@H]2NC(=O)N[C@@H]21.CC(C)(C)C(=O)[C@@H](N)Cc1c[nH]c2ccc(O)cc12.CC(C)(C)C(=O)c1ccccc1OC(=O)c1ccccc1O.CC(C)(C)CCCc1c[nH]c2ccc(O)cc12.CC(C)(C)Oc1ccccc1C(N)=O.CC/C=C\CC(=O)C(C)(C)C.CC/C=C\CC(C)(C)C(=O)C(C)C. The molecule has 26 nitrogen and oxygen atoms in total. The van der Waals surface area contributed by atoms with E-state index in [1.165, 1.54) is 37.5 Å². The van der Waals surface area contributed by atoms with Gasteiger partial charge in [0, 0.05) is 127 Å². The Labute approximate surface area is 892 Å². The molecule has 2 fully saturated rings. The molecule has 6 aromatic carbocycles. The van der Waals surface area contributed by atoms with Crippen molar-refractivity contribution in [2.75, 3.05) is 12.4 Å². The number of urea groups is 1. The Kier molecular flexibility index (Phi) is 54.1. The van der Waals surface area contributed by atoms with Gasteiger partial charge in [-0.2, -0.15) is 11.8 Å². The number of nitrogens with two attached hydrogens (primary N) is 2. The lowest BCUT2D eigenvalue weighted by Crippen LogP contribution is -2.40. The number of aromatic amines is 2. The van der Waals surface area contributed by atoms with Crippen LogP contribution in [0.15, 0.2) is 170 Å². The number of aliphatic hydroxyl groups excluding tert-OH is 2. The fraction of sp³-hybridized carbons (Fsp3) is 0.541. The van der Waals surface area contributed by atoms with Crippen LogP contribution in [0.25, 0.3) is 21.8 Å². The van der Waals surface area contributed by atoms with Crippen molar-refractivity contribution in [3.63, 3.8) is 0 Å². The van der Waals surface area contributed by atoms with E-state index in [0.29, 0.717) is 100 Å². The van der Waals surface area contributed by atoms with Crippen LogP contribution in [0.4, 0.5) is 4.79 Å². The number of phenolic OH excluding ortho intramolecular Hbond substituents is 3. The topological polar surface area (TPSA) is 441 Å². The second-order valence-electron chi connectivity index (χ2n) is 48.0. The van der Waals surface area contributed by atoms with Crippen LogP contribution in [-0.4, -0.2) is 153 Å². The number of H-pyrrole nitrogens is 2. The first-order chi connectivity index (χ1) is 68.6. The standard InChI is InChI=1S/C18H18O4.C15H20N2O2.C15H21NO.C14H24N2O2S.C14H26O4.C13H16O3.C12H22O.C11H15NO2.C10H18O/c1-18(2,3)16(20)13-9-5-7-11-15(13)22-17(21)12-8-4-6-10-14(12)19;1-15(2,3)14(19)12(16)6-9-8-17-13-5-4-10(18)7-11(9)13;1-15(2,3)8-4-5-11-10-16-14-7-6-12(17)9-13(11)14;1-14(2,3)11(17)7-5-4-6-10-12-9(8-19-10)15-13(18)16-12;1-13(2,3)11(17)8-6-7-10(16)12(18)14(4,5)9-15;1-9(14)16-11-8-6-5-7-10(11)12(15)13(2,3)4;1-6-7-8-9-12(4,5)11(13)10(2)3;1-11(2,3)14-9-7-5-4-6-8(9)10(12)13;1-5-6-7-8-9(11)10(2,3)4/h4-11,19H,1-3H3;4-5,7-8,12,17-18H,6,16H2,1-3H3;6-7,9-10,16-17H,4-5,8H2,1-3H3;9-10,12H,4-8H2,1-3H3,(H2,15,16,18);12,15,18H,6-9H2,1-5H3;5-8H,1-4H3;7-8,10H,6,9H2,1-5H3;4-7H,1-3H3,(H2,12,13);6-7H,5,8H2,1-4H3/b;;;;;;8-7-;;7-6-/t;12-;;9-,10-,12-;12-;;;;/m.0.00..../s1. The second-order valence-corrected chi connectivity index (χ2v) is 49.3. The number of hydrogen-bond donors (Lipinski definition) is 11. The maximum atomic E-state index is 12.4. The number of Topliss-reactive ketones (excluding diaryl/α,β-unsaturated/α-hetero) is 8. The van der Waals surface area contributed by atoms with Crippen LogP contribution in [-0.2, 0) is 46.4 Å². The number of carbonyl (C=O) groups is 12. The summed E-state index contributed by atoms with van der Waals surface area (Å²) in [6.07, 6.45) is 23.2. The quantitative estimate of drug-likeness (QED) is 0.00454. The van der Waals surface area contributed by atoms with Gasteiger partial charge < -0.3 is 71.8 Å². The first-order valence-corrected chi connectivity index (χ1v) is 53.0. The fourth-order valence-electron chi connectivity index (χ4n) is 14.9. The molecule has 3 amide bonds. The number of rotatable bonds is 33. The fourth-order valence-corrected chi connectivity index (χ4v) is 16.5. The van der Waals surface area contributed by atoms with Crippen LogP contribution in [0.2, 0.25) is 0 Å². The Morgan fingerprint density at radius 3 is 1.39 bits per heavy atom. The number of unbranched alkanes of at least 4 members (excludes halogenated alkanes) is 1. The minimum Gasteiger partial charge on any atom is -0.508 e. The van der Waals surface area contributed by atoms with Gasteiger partial charge in [-0.1, -0.05) is 280 Å². The normalized spacial score (nSPS) is 14.6. The highest BCUT2D eigenvalue weighted by atomic mass is 32.2. The van der Waals surface area contributed by atoms with Crippen LogP contribution < -0.4 is 36.3 Å². The minimum atomic E-state index is -1.17. The number of carbonyl (C=O) groups excluding carboxylic acids is 12. The minimum absolute atomic E-state index is 0.0248. The lowest BCUT2D eigenvalue weighted by atomic mass is 9.79. The van der Waals surface area contributed by atoms with E-state index in [9.17, 15) is 78.0 Å². The lowest BCUT2D eigenvalue weighted by molar-refractivity contribution is -0.135. The highest BCUT2D eigenvalue weighted by Gasteiger charge is 2.43. The molecule has 2 aromatic heterocycles. The van der Waals surface area contributed by atoms with Crippen LogP contribution in [0.1, 0.15) is 365 Å². The number of allylic oxidation sites excluding steroid dienone is 4. The summed E-state index contributed by atoms with van der Waals surface area (Å²) >= 11 is 1.94. The molecule has 0 saturated carbocycles. The number of nitrogens with one attached hydrogen (secondary N) is 4. The zero-order chi connectivity index (χ0) is 114. The lowest BCUT2D eigenvalue weighted by Gasteiger charge is -2.27. The smallest absolute Gasteiger partial charge is 0.347 e. The molecule has 13 N–H and O–H groups in total. The number of phenols is 3. The number of benzene rings is 6. The predicted octanol–water partition coefficient (Wildman–Crippen LogP) is 25.8. The van der Waals surface area contributed by atoms with Crippen molar-refractivity contribution in [2.45, 2.75) is 360 Å². The third-order valence-corrected chi connectivity index (χ3v) is 25.5. The van der Waals surface area contributed by atoms with Crippen molar-refractivity contribution in [3.05, 3.63) is 204 Å². The van der Waals surface area contributed by atoms with Gasteiger partial charge in [0.05, 0.1) is 41.4 Å². The summed E-state index contributed by atoms with van der Waals surface area (Å²) in [4.78, 5) is 147. The number of amides is 3. The van der Waals surface area contributed by atoms with Gasteiger partial charge in [0.25, 0.3) is 5.91 Å². The zero-order valence-corrected chi connectivity index (χ0v) is 96.4. The number of ether oxygens (including phenoxy) is 3. The first kappa shape index (κ1) is 133. The highest BCUT2D eigenvalue weighted by molar-refractivity contribution is 8.00. The van der Waals surface area contributed by atoms with Crippen molar-refractivity contribution >= 4 is 104 Å². The number of primary amides is 1. The molecule has 0 bridgehead atoms. The number of aryl methyl sites for hydroxylation is 1. The number of aliphatic hydroxyl groups is 2. The third-order valence-electron chi connectivity index (χ3n) is 24.0. The molecule has 824 valence electrons. The number of aromatic nitrogens is 2. The van der Waals surface area contributed by atoms with Gasteiger partial charge in [0.1, 0.15) is 74.9 Å². The number of para-hydroxylation sites is 4. The molecule has 4 heterocycles. The monoisotopic (exact) mass is 2080 g/mol. The Balaban J connectivity index is 0.000000570. The van der Waals surface area contributed by atoms with Crippen LogP contribution in [0.3, 0.4) is 0 Å². The number of esters is 2. The Morgan fingerprint density at radius 1 is 0.497 bits per heavy atom. The average Bonchev–Trinajstić information content (AvgIpc) is 1.65. The average molecular weight is 2080 g/mol. The van der Waals surface area contributed by atoms with Gasteiger partial charge in [-0.15, -0.1) is 0 Å². The van der Waals surface area contributed by atoms with Gasteiger partial charge in [0.15, 0.2) is 23.1 Å². The van der Waals surface area contributed by atoms with Crippen molar-refractivity contribution in [2.24, 2.45) is 66.1 Å². The Hall–Kier alpha value is -11.7. The van der Waals surface area contributed by atoms with E-state index in [0.717, 1.165) is 78.1 Å². The van der Waals surface area contributed by atoms with Crippen molar-refractivity contribution in [1.82, 2.24) is 20.6 Å². The molecule has 5 atom stereocenters. The summed E-state index contributed by atoms with van der Waals surface area (Å²) in [7, 11) is 0. The third kappa shape index (κ3) is 48.9. The van der Waals surface area contributed by atoms with Crippen molar-refractivity contribution < 1.29 is 97.3 Å². The summed E-state index contributed by atoms with van der Waals surface area (Å²) in [6.45, 7) is 62.9. The molecule has 10 rings (SSSR count). The molecular formula is C122H180N6O20S. The van der Waals surface area contributed by atoms with Crippen molar-refractivity contribution in [1.29, 1.82) is 0 Å². The first-order valence-electron chi connectivity index (χ1n) is 51.9. The molecule has 2 aliphatic rings. The van der Waals surface area contributed by atoms with Gasteiger partial charge in [-0.3, -0.25) is 47.9 Å². The van der Waals surface area contributed by atoms with E-state index in [-0.39, 0.29) is 110 Å². The summed E-state index contributed by atoms with van der Waals surface area (Å²) in [5, 5.41) is 56.1. The number of thioether (sulfide) groups is 1. The highest BCUT2D eigenvalue weighted by Crippen LogP contribution is 2.37. The number of fused-ring (bicyclic) bond motifs is 3. The predicted molar refractivity (Wildman–Crippen MR) is 603 cm³/mol. The van der Waals surface area contributed by atoms with E-state index >= 15 is 0 Å². The van der Waals surface area contributed by atoms with Crippen LogP contribution in [0.5, 0.6) is 34.5 Å². The number of hydrogen-bond acceptors (Lipinski definition) is 22. The number of ketones is 8. The van der Waals surface area contributed by atoms with E-state index < -0.39 is 51.7 Å². The summed E-state index contributed by atoms with van der Waals surface area (Å²) in [5.41, 5.74) is 13.5. The van der Waals surface area contributed by atoms with Gasteiger partial charge >= 0.3 is 18.0 Å². The molecule has 2 saturated heterocycles. The molecule has 0 spiro atoms. The van der Waals surface area contributed by atoms with E-state index in [2.05, 4.69) is 73.6 Å². The largest absolute Gasteiger partial charge is 0.508 e. The summed E-state index contributed by atoms with van der Waals surface area (Å²) in [6, 6.07) is 37.1. The van der Waals surface area contributed by atoms with Crippen molar-refractivity contribution in [3.8, 4) is 34.5 Å². The molecule has 0 unspecified atom stereocenters. The maximum Gasteiger partial charge on any atom is 0.347 e. The second kappa shape index (κ2) is 60.4.